The molecule has 75 heavy (non-hydrogen) atoms. The van der Waals surface area contributed by atoms with Gasteiger partial charge in [-0.1, -0.05) is 195 Å². The van der Waals surface area contributed by atoms with E-state index in [0.29, 0.717) is 19.3 Å². The zero-order valence-electron chi connectivity index (χ0n) is 46.8. The van der Waals surface area contributed by atoms with Crippen LogP contribution >= 0.6 is 0 Å². The van der Waals surface area contributed by atoms with Gasteiger partial charge in [-0.15, -0.1) is 0 Å². The molecule has 0 spiro atoms. The first kappa shape index (κ1) is 68.7. The largest absolute Gasteiger partial charge is 0.479 e. The van der Waals surface area contributed by atoms with E-state index in [1.54, 1.807) is 0 Å². The van der Waals surface area contributed by atoms with Gasteiger partial charge in [0.05, 0.1) is 6.61 Å². The van der Waals surface area contributed by atoms with E-state index in [-0.39, 0.29) is 25.9 Å². The van der Waals surface area contributed by atoms with E-state index in [0.717, 1.165) is 154 Å². The van der Waals surface area contributed by atoms with Crippen molar-refractivity contribution in [2.24, 2.45) is 0 Å². The lowest BCUT2D eigenvalue weighted by atomic mass is 9.98. The highest BCUT2D eigenvalue weighted by Gasteiger charge is 2.50. The number of carbonyl (C=O) groups is 4. The molecule has 1 aliphatic rings. The third-order valence-electron chi connectivity index (χ3n) is 12.6. The van der Waals surface area contributed by atoms with Crippen molar-refractivity contribution in [1.82, 2.24) is 0 Å². The van der Waals surface area contributed by atoms with Gasteiger partial charge in [-0.05, 0) is 109 Å². The molecule has 0 aromatic heterocycles. The Hall–Kier alpha value is -4.36. The number of carboxylic acid groups (broad SMARTS) is 1. The number of unbranched alkanes of at least 4 members (excludes halogenated alkanes) is 18. The summed E-state index contributed by atoms with van der Waals surface area (Å²) in [6, 6.07) is 0. The second-order valence-corrected chi connectivity index (χ2v) is 19.5. The molecule has 0 aromatic rings. The van der Waals surface area contributed by atoms with E-state index >= 15 is 0 Å². The van der Waals surface area contributed by atoms with Crippen LogP contribution in [0.15, 0.2) is 97.2 Å². The molecule has 0 aliphatic carbocycles. The van der Waals surface area contributed by atoms with Gasteiger partial charge < -0.3 is 39.0 Å². The number of carbonyl (C=O) groups excluding carboxylic acids is 3. The van der Waals surface area contributed by atoms with Gasteiger partial charge in [-0.2, -0.15) is 0 Å². The molecule has 1 fully saturated rings. The van der Waals surface area contributed by atoms with Crippen molar-refractivity contribution in [2.45, 2.75) is 263 Å². The average molecular weight is 1050 g/mol. The molecule has 12 nitrogen and oxygen atoms in total. The Morgan fingerprint density at radius 3 is 1.29 bits per heavy atom. The van der Waals surface area contributed by atoms with Crippen molar-refractivity contribution in [3.8, 4) is 0 Å². The summed E-state index contributed by atoms with van der Waals surface area (Å²) in [7, 11) is 0. The van der Waals surface area contributed by atoms with Crippen molar-refractivity contribution in [3.63, 3.8) is 0 Å². The van der Waals surface area contributed by atoms with E-state index in [1.807, 2.05) is 0 Å². The van der Waals surface area contributed by atoms with Crippen LogP contribution in [-0.4, -0.2) is 89.2 Å². The molecule has 0 aromatic carbocycles. The predicted molar refractivity (Wildman–Crippen MR) is 303 cm³/mol. The molecule has 6 atom stereocenters. The normalized spacial score (nSPS) is 18.9. The summed E-state index contributed by atoms with van der Waals surface area (Å²) in [6.07, 6.45) is 53.8. The first-order valence-electron chi connectivity index (χ1n) is 29.2. The fourth-order valence-corrected chi connectivity index (χ4v) is 8.18. The van der Waals surface area contributed by atoms with E-state index in [1.165, 1.54) is 12.8 Å². The summed E-state index contributed by atoms with van der Waals surface area (Å²) in [5.74, 6) is -3.18. The van der Waals surface area contributed by atoms with E-state index in [4.69, 9.17) is 23.7 Å². The number of esters is 3. The van der Waals surface area contributed by atoms with E-state index in [9.17, 15) is 34.5 Å². The Bertz CT molecular complexity index is 1670. The molecule has 3 N–H and O–H groups in total. The number of carboxylic acids is 1. The Kier molecular flexibility index (Phi) is 46.2. The van der Waals surface area contributed by atoms with Gasteiger partial charge in [0.2, 0.25) is 0 Å². The molecule has 1 saturated heterocycles. The van der Waals surface area contributed by atoms with Gasteiger partial charge in [0.1, 0.15) is 18.8 Å². The molecule has 0 saturated carbocycles. The van der Waals surface area contributed by atoms with Crippen molar-refractivity contribution in [2.75, 3.05) is 13.2 Å². The highest BCUT2D eigenvalue weighted by molar-refractivity contribution is 5.74. The first-order chi connectivity index (χ1) is 36.6. The standard InChI is InChI=1S/C63H102O12/c1-4-7-10-13-16-19-22-24-26-28-30-32-35-37-40-43-46-49-55(64)71-52-54(73-56(65)50-47-44-41-39-36-33-31-29-27-25-23-20-17-14-11-8-5-2)53-72-63-61(59(68)58(67)60(75-63)62(69)70)74-57(66)51-48-45-42-38-34-21-18-15-12-9-6-3/h7-8,10-11,15-20,24-27,30,32,54,58-61,63,67-68H,4-6,9,12-14,21-23,28-29,31,33-53H2,1-3H3,(H,69,70)/b10-7-,11-8-,18-15-,19-16-,20-17-,26-24-,27-25-,32-30-. The fraction of sp³-hybridized carbons (Fsp3) is 0.683. The van der Waals surface area contributed by atoms with E-state index < -0.39 is 67.3 Å². The molecule has 1 aliphatic heterocycles. The van der Waals surface area contributed by atoms with Gasteiger partial charge in [0.25, 0.3) is 0 Å². The number of aliphatic carboxylic acids is 1. The number of ether oxygens (including phenoxy) is 5. The highest BCUT2D eigenvalue weighted by Crippen LogP contribution is 2.26. The number of rotatable bonds is 48. The van der Waals surface area contributed by atoms with Gasteiger partial charge in [0.15, 0.2) is 24.6 Å². The SMILES string of the molecule is CC/C=C\C/C=C\C/C=C\C/C=C\CCCCCCC(=O)OCC(COC1OC(C(=O)O)C(O)C(O)C1OC(=O)CCCCCCC/C=C\CCCC)OC(=O)CCCCCCCCC/C=C\C/C=C\C/C=C\CC. The lowest BCUT2D eigenvalue weighted by Gasteiger charge is -2.40. The molecule has 1 rings (SSSR count). The van der Waals surface area contributed by atoms with Crippen LogP contribution in [0.25, 0.3) is 0 Å². The molecule has 0 bridgehead atoms. The topological polar surface area (TPSA) is 175 Å². The monoisotopic (exact) mass is 1050 g/mol. The van der Waals surface area contributed by atoms with Crippen LogP contribution in [0.4, 0.5) is 0 Å². The van der Waals surface area contributed by atoms with Crippen LogP contribution in [0.3, 0.4) is 0 Å². The van der Waals surface area contributed by atoms with Crippen LogP contribution in [0.5, 0.6) is 0 Å². The lowest BCUT2D eigenvalue weighted by molar-refractivity contribution is -0.301. The number of aliphatic hydroxyl groups is 2. The smallest absolute Gasteiger partial charge is 0.335 e. The average Bonchev–Trinajstić information content (AvgIpc) is 3.39. The molecular formula is C63H102O12. The van der Waals surface area contributed by atoms with Gasteiger partial charge >= 0.3 is 23.9 Å². The summed E-state index contributed by atoms with van der Waals surface area (Å²) < 4.78 is 28.4. The second-order valence-electron chi connectivity index (χ2n) is 19.5. The minimum atomic E-state index is -1.91. The number of allylic oxidation sites excluding steroid dienone is 16. The second kappa shape index (κ2) is 50.5. The molecule has 0 radical (unpaired) electrons. The Morgan fingerprint density at radius 2 is 0.840 bits per heavy atom. The Balaban J connectivity index is 2.72. The van der Waals surface area contributed by atoms with Crippen LogP contribution < -0.4 is 0 Å². The summed E-state index contributed by atoms with van der Waals surface area (Å²) in [5, 5.41) is 31.4. The van der Waals surface area contributed by atoms with Gasteiger partial charge in [-0.3, -0.25) is 14.4 Å². The third kappa shape index (κ3) is 40.6. The molecule has 426 valence electrons. The zero-order valence-corrected chi connectivity index (χ0v) is 46.8. The van der Waals surface area contributed by atoms with Crippen molar-refractivity contribution in [3.05, 3.63) is 97.2 Å². The predicted octanol–water partition coefficient (Wildman–Crippen LogP) is 14.9. The Morgan fingerprint density at radius 1 is 0.453 bits per heavy atom. The maximum Gasteiger partial charge on any atom is 0.335 e. The van der Waals surface area contributed by atoms with Gasteiger partial charge in [-0.25, -0.2) is 4.79 Å². The maximum absolute atomic E-state index is 13.2. The minimum Gasteiger partial charge on any atom is -0.479 e. The van der Waals surface area contributed by atoms with Crippen LogP contribution in [0, 0.1) is 0 Å². The van der Waals surface area contributed by atoms with Crippen molar-refractivity contribution in [1.29, 1.82) is 0 Å². The fourth-order valence-electron chi connectivity index (χ4n) is 8.18. The molecule has 1 heterocycles. The first-order valence-corrected chi connectivity index (χ1v) is 29.2. The molecule has 6 unspecified atom stereocenters. The number of aliphatic hydroxyl groups excluding tert-OH is 2. The van der Waals surface area contributed by atoms with Gasteiger partial charge in [0, 0.05) is 19.3 Å². The highest BCUT2D eigenvalue weighted by atomic mass is 16.7. The lowest BCUT2D eigenvalue weighted by Crippen LogP contribution is -2.61. The zero-order chi connectivity index (χ0) is 54.7. The maximum atomic E-state index is 13.2. The molecule has 0 amide bonds. The quantitative estimate of drug-likeness (QED) is 0.0228. The van der Waals surface area contributed by atoms with Crippen LogP contribution in [0.2, 0.25) is 0 Å². The van der Waals surface area contributed by atoms with Crippen molar-refractivity contribution < 1.29 is 58.2 Å². The summed E-state index contributed by atoms with van der Waals surface area (Å²) in [4.78, 5) is 51.1. The summed E-state index contributed by atoms with van der Waals surface area (Å²) >= 11 is 0. The third-order valence-corrected chi connectivity index (χ3v) is 12.6. The van der Waals surface area contributed by atoms with Crippen LogP contribution in [0.1, 0.15) is 226 Å². The Labute approximate surface area is 453 Å². The van der Waals surface area contributed by atoms with Crippen LogP contribution in [-0.2, 0) is 42.9 Å². The summed E-state index contributed by atoms with van der Waals surface area (Å²) in [6.45, 7) is 5.68. The van der Waals surface area contributed by atoms with E-state index in [2.05, 4.69) is 118 Å². The molecule has 12 heteroatoms. The number of hydrogen-bond donors (Lipinski definition) is 3. The molecular weight excluding hydrogens is 949 g/mol. The summed E-state index contributed by atoms with van der Waals surface area (Å²) in [5.41, 5.74) is 0. The minimum absolute atomic E-state index is 0.0422. The van der Waals surface area contributed by atoms with Crippen molar-refractivity contribution >= 4 is 23.9 Å². The number of hydrogen-bond acceptors (Lipinski definition) is 11.